The molecule has 0 aliphatic carbocycles. The number of halogens is 2. The predicted octanol–water partition coefficient (Wildman–Crippen LogP) is 4.40. The molecule has 0 radical (unpaired) electrons. The van der Waals surface area contributed by atoms with Crippen LogP contribution in [0.15, 0.2) is 66.7 Å². The maximum Gasteiger partial charge on any atom is 0.343 e. The van der Waals surface area contributed by atoms with Gasteiger partial charge in [-0.3, -0.25) is 9.69 Å². The van der Waals surface area contributed by atoms with E-state index < -0.39 is 23.9 Å². The highest BCUT2D eigenvalue weighted by molar-refractivity contribution is 6.39. The molecular weight excluding hydrogens is 581 g/mol. The zero-order valence-electron chi connectivity index (χ0n) is 23.4. The van der Waals surface area contributed by atoms with Crippen molar-refractivity contribution >= 4 is 41.0 Å². The molecule has 1 heterocycles. The fourth-order valence-corrected chi connectivity index (χ4v) is 5.23. The zero-order chi connectivity index (χ0) is 30.1. The molecular formula is C31H33Cl2N3O6. The molecule has 9 nitrogen and oxygen atoms in total. The molecule has 3 aromatic carbocycles. The van der Waals surface area contributed by atoms with E-state index in [0.717, 1.165) is 25.2 Å². The van der Waals surface area contributed by atoms with Gasteiger partial charge in [0.1, 0.15) is 17.7 Å². The lowest BCUT2D eigenvalue weighted by Gasteiger charge is -2.31. The van der Waals surface area contributed by atoms with E-state index in [2.05, 4.69) is 22.5 Å². The van der Waals surface area contributed by atoms with Crippen LogP contribution in [0.4, 0.5) is 0 Å². The van der Waals surface area contributed by atoms with Crippen LogP contribution in [0.2, 0.25) is 10.0 Å². The summed E-state index contributed by atoms with van der Waals surface area (Å²) in [6.07, 6.45) is 0.172. The molecule has 1 fully saturated rings. The van der Waals surface area contributed by atoms with Gasteiger partial charge in [0.2, 0.25) is 0 Å². The number of piperazine rings is 1. The van der Waals surface area contributed by atoms with Crippen LogP contribution in [0.3, 0.4) is 0 Å². The van der Waals surface area contributed by atoms with Crippen LogP contribution in [-0.2, 0) is 16.0 Å². The zero-order valence-corrected chi connectivity index (χ0v) is 24.9. The fourth-order valence-electron chi connectivity index (χ4n) is 4.62. The molecule has 1 aliphatic rings. The maximum atomic E-state index is 13.6. The lowest BCUT2D eigenvalue weighted by molar-refractivity contribution is -0.142. The number of rotatable bonds is 11. The normalized spacial score (nSPS) is 15.9. The fraction of sp³-hybridized carbons (Fsp3) is 0.323. The number of hydrogen-bond acceptors (Lipinski definition) is 8. The lowest BCUT2D eigenvalue weighted by atomic mass is 10.1. The van der Waals surface area contributed by atoms with E-state index in [1.54, 1.807) is 30.3 Å². The maximum absolute atomic E-state index is 13.6. The van der Waals surface area contributed by atoms with Crippen molar-refractivity contribution in [2.75, 3.05) is 39.9 Å². The number of ether oxygens (including phenoxy) is 3. The van der Waals surface area contributed by atoms with Crippen LogP contribution in [0.25, 0.3) is 0 Å². The Hall–Kier alpha value is -3.63. The average molecular weight is 615 g/mol. The van der Waals surface area contributed by atoms with Gasteiger partial charge in [-0.1, -0.05) is 71.7 Å². The Bertz CT molecular complexity index is 1390. The van der Waals surface area contributed by atoms with Gasteiger partial charge in [-0.25, -0.2) is 9.59 Å². The summed E-state index contributed by atoms with van der Waals surface area (Å²) >= 11 is 13.3. The van der Waals surface area contributed by atoms with E-state index >= 15 is 0 Å². The highest BCUT2D eigenvalue weighted by atomic mass is 35.5. The van der Waals surface area contributed by atoms with E-state index in [-0.39, 0.29) is 45.7 Å². The molecule has 3 aromatic rings. The lowest BCUT2D eigenvalue weighted by Crippen LogP contribution is -2.50. The first-order chi connectivity index (χ1) is 20.3. The van der Waals surface area contributed by atoms with Gasteiger partial charge < -0.3 is 24.8 Å². The second-order valence-electron chi connectivity index (χ2n) is 9.88. The van der Waals surface area contributed by atoms with E-state index in [9.17, 15) is 14.4 Å². The van der Waals surface area contributed by atoms with Gasteiger partial charge in [0.25, 0.3) is 5.91 Å². The molecule has 1 amide bonds. The summed E-state index contributed by atoms with van der Waals surface area (Å²) in [7, 11) is 1.24. The first kappa shape index (κ1) is 31.3. The standard InChI is InChI=1S/C31H33Cl2N3O6/c1-20-19-36(14-13-34-20)15-16-41-28-24(32)18-23(27(26(28)33)42-30(38)22-11-7-4-8-12-22)29(37)35-25(31(39)40-2)17-21-9-5-3-6-10-21/h3-12,18,20,25,34H,13-17,19H2,1-2H3,(H,35,37)/t20-,25-/m0/s1. The van der Waals surface area contributed by atoms with Crippen molar-refractivity contribution in [3.63, 3.8) is 0 Å². The van der Waals surface area contributed by atoms with E-state index in [1.807, 2.05) is 30.3 Å². The van der Waals surface area contributed by atoms with Crippen molar-refractivity contribution in [1.29, 1.82) is 0 Å². The number of esters is 2. The summed E-state index contributed by atoms with van der Waals surface area (Å²) in [4.78, 5) is 41.5. The second-order valence-corrected chi connectivity index (χ2v) is 10.7. The van der Waals surface area contributed by atoms with Crippen molar-refractivity contribution in [2.24, 2.45) is 0 Å². The first-order valence-electron chi connectivity index (χ1n) is 13.6. The Labute approximate surface area is 255 Å². The van der Waals surface area contributed by atoms with Crippen LogP contribution in [0.1, 0.15) is 33.2 Å². The number of carbonyl (C=O) groups is 3. The van der Waals surface area contributed by atoms with Crippen LogP contribution >= 0.6 is 23.2 Å². The van der Waals surface area contributed by atoms with Crippen molar-refractivity contribution in [3.8, 4) is 11.5 Å². The number of benzene rings is 3. The van der Waals surface area contributed by atoms with Crippen LogP contribution in [0.5, 0.6) is 11.5 Å². The van der Waals surface area contributed by atoms with Crippen molar-refractivity contribution < 1.29 is 28.6 Å². The number of methoxy groups -OCH3 is 1. The highest BCUT2D eigenvalue weighted by Crippen LogP contribution is 2.43. The highest BCUT2D eigenvalue weighted by Gasteiger charge is 2.29. The number of amides is 1. The molecule has 0 bridgehead atoms. The molecule has 0 spiro atoms. The Balaban J connectivity index is 1.61. The second kappa shape index (κ2) is 15.0. The van der Waals surface area contributed by atoms with E-state index in [0.29, 0.717) is 12.6 Å². The van der Waals surface area contributed by atoms with Gasteiger partial charge in [0, 0.05) is 38.6 Å². The molecule has 2 atom stereocenters. The summed E-state index contributed by atoms with van der Waals surface area (Å²) in [6, 6.07) is 18.1. The Morgan fingerprint density at radius 1 is 1.05 bits per heavy atom. The average Bonchev–Trinajstić information content (AvgIpc) is 3.00. The molecule has 42 heavy (non-hydrogen) atoms. The molecule has 222 valence electrons. The van der Waals surface area contributed by atoms with Crippen molar-refractivity contribution in [3.05, 3.63) is 93.5 Å². The minimum atomic E-state index is -1.03. The van der Waals surface area contributed by atoms with Gasteiger partial charge in [-0.2, -0.15) is 0 Å². The molecule has 11 heteroatoms. The molecule has 2 N–H and O–H groups in total. The SMILES string of the molecule is COC(=O)[C@H](Cc1ccccc1)NC(=O)c1cc(Cl)c(OCCN2CCN[C@@H](C)C2)c(Cl)c1OC(=O)c1ccccc1. The van der Waals surface area contributed by atoms with Gasteiger partial charge in [-0.15, -0.1) is 0 Å². The van der Waals surface area contributed by atoms with Gasteiger partial charge in [0.15, 0.2) is 11.5 Å². The summed E-state index contributed by atoms with van der Waals surface area (Å²) < 4.78 is 16.6. The summed E-state index contributed by atoms with van der Waals surface area (Å²) in [5, 5.41) is 5.98. The summed E-state index contributed by atoms with van der Waals surface area (Å²) in [6.45, 7) is 5.63. The van der Waals surface area contributed by atoms with Crippen molar-refractivity contribution in [2.45, 2.75) is 25.4 Å². The number of nitrogens with one attached hydrogen (secondary N) is 2. The largest absolute Gasteiger partial charge is 0.489 e. The number of nitrogens with zero attached hydrogens (tertiary/aromatic N) is 1. The van der Waals surface area contributed by atoms with Crippen molar-refractivity contribution in [1.82, 2.24) is 15.5 Å². The molecule has 0 aromatic heterocycles. The number of hydrogen-bond donors (Lipinski definition) is 2. The summed E-state index contributed by atoms with van der Waals surface area (Å²) in [5.41, 5.74) is 0.920. The third-order valence-corrected chi connectivity index (χ3v) is 7.38. The third-order valence-electron chi connectivity index (χ3n) is 6.76. The Morgan fingerprint density at radius 3 is 2.40 bits per heavy atom. The number of carbonyl (C=O) groups excluding carboxylic acids is 3. The predicted molar refractivity (Wildman–Crippen MR) is 161 cm³/mol. The van der Waals surface area contributed by atoms with Crippen LogP contribution in [0, 0.1) is 0 Å². The molecule has 0 unspecified atom stereocenters. The molecule has 1 aliphatic heterocycles. The van der Waals surface area contributed by atoms with Gasteiger partial charge >= 0.3 is 11.9 Å². The Kier molecular flexibility index (Phi) is 11.2. The van der Waals surface area contributed by atoms with Gasteiger partial charge in [0.05, 0.1) is 23.3 Å². The minimum absolute atomic E-state index is 0.0519. The quantitative estimate of drug-likeness (QED) is 0.242. The monoisotopic (exact) mass is 613 g/mol. The van der Waals surface area contributed by atoms with Gasteiger partial charge in [-0.05, 0) is 30.7 Å². The van der Waals surface area contributed by atoms with Crippen LogP contribution < -0.4 is 20.1 Å². The summed E-state index contributed by atoms with van der Waals surface area (Å²) in [5.74, 6) is -2.26. The van der Waals surface area contributed by atoms with E-state index in [1.165, 1.54) is 13.2 Å². The first-order valence-corrected chi connectivity index (χ1v) is 14.3. The Morgan fingerprint density at radius 2 is 1.74 bits per heavy atom. The van der Waals surface area contributed by atoms with E-state index in [4.69, 9.17) is 37.4 Å². The molecule has 1 saturated heterocycles. The third kappa shape index (κ3) is 8.23. The minimum Gasteiger partial charge on any atom is -0.489 e. The topological polar surface area (TPSA) is 106 Å². The molecule has 4 rings (SSSR count). The van der Waals surface area contributed by atoms with Crippen LogP contribution in [-0.4, -0.2) is 74.7 Å². The smallest absolute Gasteiger partial charge is 0.343 e. The molecule has 0 saturated carbocycles.